The van der Waals surface area contributed by atoms with E-state index >= 15 is 0 Å². The van der Waals surface area contributed by atoms with Crippen molar-refractivity contribution in [3.8, 4) is 0 Å². The van der Waals surface area contributed by atoms with E-state index in [9.17, 15) is 25.2 Å². The minimum atomic E-state index is -1.26. The zero-order chi connectivity index (χ0) is 44.5. The molecule has 0 saturated carbocycles. The number of carbonyl (C=O) groups excluding carboxylic acids is 1. The first kappa shape index (κ1) is 60.1. The maximum absolute atomic E-state index is 12.6. The molecule has 0 aromatic rings. The molecule has 6 nitrogen and oxygen atoms in total. The molecule has 61 heavy (non-hydrogen) atoms. The summed E-state index contributed by atoms with van der Waals surface area (Å²) in [4.78, 5) is 12.6. The third-order valence-corrected chi connectivity index (χ3v) is 13.2. The van der Waals surface area contributed by atoms with Crippen molar-refractivity contribution < 1.29 is 25.2 Å². The minimum absolute atomic E-state index is 0.373. The first-order chi connectivity index (χ1) is 30.0. The van der Waals surface area contributed by atoms with Crippen LogP contribution in [0.4, 0.5) is 0 Å². The molecule has 5 N–H and O–H groups in total. The number of hydrogen-bond acceptors (Lipinski definition) is 5. The SMILES string of the molecule is CCCCCCCCCCCCCC/C=C\CCCCCCCCCCCCCCCCC(O)C(=O)NC(CO)C(O)C(O)CCCCCCCCCCCCCCCCC. The second kappa shape index (κ2) is 50.1. The summed E-state index contributed by atoms with van der Waals surface area (Å²) < 4.78 is 0. The van der Waals surface area contributed by atoms with E-state index in [0.29, 0.717) is 12.8 Å². The molecule has 0 aliphatic rings. The van der Waals surface area contributed by atoms with Gasteiger partial charge < -0.3 is 25.7 Å². The van der Waals surface area contributed by atoms with Crippen molar-refractivity contribution in [1.82, 2.24) is 5.32 Å². The minimum Gasteiger partial charge on any atom is -0.394 e. The number of carbonyl (C=O) groups is 1. The molecule has 4 unspecified atom stereocenters. The van der Waals surface area contributed by atoms with Crippen molar-refractivity contribution in [3.63, 3.8) is 0 Å². The molecular weight excluding hydrogens is 755 g/mol. The number of allylic oxidation sites excluding steroid dienone is 2. The third kappa shape index (κ3) is 44.1. The molecule has 364 valence electrons. The summed E-state index contributed by atoms with van der Waals surface area (Å²) in [5.41, 5.74) is 0. The van der Waals surface area contributed by atoms with Crippen molar-refractivity contribution in [1.29, 1.82) is 0 Å². The summed E-state index contributed by atoms with van der Waals surface area (Å²) in [5.74, 6) is -0.579. The quantitative estimate of drug-likeness (QED) is 0.0309. The fourth-order valence-electron chi connectivity index (χ4n) is 8.87. The van der Waals surface area contributed by atoms with Gasteiger partial charge in [0.05, 0.1) is 18.8 Å². The summed E-state index contributed by atoms with van der Waals surface area (Å²) in [5, 5.41) is 43.9. The van der Waals surface area contributed by atoms with Gasteiger partial charge >= 0.3 is 0 Å². The topological polar surface area (TPSA) is 110 Å². The summed E-state index contributed by atoms with van der Waals surface area (Å²) in [6.07, 6.45) is 58.5. The highest BCUT2D eigenvalue weighted by Gasteiger charge is 2.28. The Kier molecular flexibility index (Phi) is 49.3. The zero-order valence-corrected chi connectivity index (χ0v) is 41.2. The predicted molar refractivity (Wildman–Crippen MR) is 265 cm³/mol. The number of hydrogen-bond donors (Lipinski definition) is 5. The van der Waals surface area contributed by atoms with Gasteiger partial charge in [-0.05, 0) is 38.5 Å². The van der Waals surface area contributed by atoms with E-state index in [4.69, 9.17) is 0 Å². The van der Waals surface area contributed by atoms with E-state index in [1.807, 2.05) is 0 Å². The molecule has 0 bridgehead atoms. The lowest BCUT2D eigenvalue weighted by atomic mass is 9.99. The van der Waals surface area contributed by atoms with Crippen molar-refractivity contribution in [2.45, 2.75) is 327 Å². The largest absolute Gasteiger partial charge is 0.394 e. The second-order valence-electron chi connectivity index (χ2n) is 19.3. The van der Waals surface area contributed by atoms with Gasteiger partial charge in [0.25, 0.3) is 0 Å². The highest BCUT2D eigenvalue weighted by Crippen LogP contribution is 2.18. The summed E-state index contributed by atoms with van der Waals surface area (Å²) in [6.45, 7) is 4.08. The number of aliphatic hydroxyl groups is 4. The molecule has 0 heterocycles. The van der Waals surface area contributed by atoms with E-state index in [-0.39, 0.29) is 0 Å². The van der Waals surface area contributed by atoms with E-state index in [0.717, 1.165) is 38.5 Å². The van der Waals surface area contributed by atoms with Crippen molar-refractivity contribution in [3.05, 3.63) is 12.2 Å². The molecule has 0 fully saturated rings. The smallest absolute Gasteiger partial charge is 0.249 e. The Bertz CT molecular complexity index is 882. The number of nitrogens with one attached hydrogen (secondary N) is 1. The number of amides is 1. The first-order valence-electron chi connectivity index (χ1n) is 27.6. The molecule has 0 saturated heterocycles. The fourth-order valence-corrected chi connectivity index (χ4v) is 8.87. The van der Waals surface area contributed by atoms with Gasteiger partial charge in [0.1, 0.15) is 12.2 Å². The maximum atomic E-state index is 12.6. The Labute approximate surface area is 381 Å². The van der Waals surface area contributed by atoms with Gasteiger partial charge in [0.15, 0.2) is 0 Å². The Morgan fingerprint density at radius 1 is 0.393 bits per heavy atom. The molecule has 4 atom stereocenters. The van der Waals surface area contributed by atoms with Gasteiger partial charge in [0, 0.05) is 0 Å². The maximum Gasteiger partial charge on any atom is 0.249 e. The molecule has 0 rings (SSSR count). The van der Waals surface area contributed by atoms with E-state index < -0.39 is 36.9 Å². The van der Waals surface area contributed by atoms with Crippen LogP contribution in [0, 0.1) is 0 Å². The highest BCUT2D eigenvalue weighted by atomic mass is 16.3. The van der Waals surface area contributed by atoms with Gasteiger partial charge in [-0.3, -0.25) is 4.79 Å². The molecule has 0 aromatic heterocycles. The standard InChI is InChI=1S/C55H109NO5/c1-3-5-7-9-11-13-15-17-19-20-21-22-23-24-25-26-27-28-29-30-31-32-33-35-37-39-41-43-45-47-49-53(59)55(61)56-51(50-57)54(60)52(58)48-46-44-42-40-38-36-34-18-16-14-12-10-8-6-4-2/h24-25,51-54,57-60H,3-23,26-50H2,1-2H3,(H,56,61)/b25-24-. The highest BCUT2D eigenvalue weighted by molar-refractivity contribution is 5.80. The van der Waals surface area contributed by atoms with Gasteiger partial charge in [-0.1, -0.05) is 276 Å². The molecule has 0 aliphatic heterocycles. The van der Waals surface area contributed by atoms with Gasteiger partial charge in [-0.25, -0.2) is 0 Å². The molecule has 6 heteroatoms. The third-order valence-electron chi connectivity index (χ3n) is 13.2. The number of unbranched alkanes of at least 4 members (excludes halogenated alkanes) is 40. The van der Waals surface area contributed by atoms with Crippen molar-refractivity contribution in [2.24, 2.45) is 0 Å². The van der Waals surface area contributed by atoms with Crippen molar-refractivity contribution in [2.75, 3.05) is 6.61 Å². The lowest BCUT2D eigenvalue weighted by Crippen LogP contribution is -2.53. The monoisotopic (exact) mass is 864 g/mol. The van der Waals surface area contributed by atoms with E-state index in [2.05, 4.69) is 31.3 Å². The van der Waals surface area contributed by atoms with Crippen LogP contribution in [-0.2, 0) is 4.79 Å². The van der Waals surface area contributed by atoms with Crippen LogP contribution in [0.2, 0.25) is 0 Å². The van der Waals surface area contributed by atoms with Gasteiger partial charge in [0.2, 0.25) is 5.91 Å². The molecule has 0 aromatic carbocycles. The van der Waals surface area contributed by atoms with Crippen LogP contribution in [0.25, 0.3) is 0 Å². The lowest BCUT2D eigenvalue weighted by Gasteiger charge is -2.27. The van der Waals surface area contributed by atoms with Gasteiger partial charge in [-0.2, -0.15) is 0 Å². The number of aliphatic hydroxyl groups excluding tert-OH is 4. The van der Waals surface area contributed by atoms with Crippen molar-refractivity contribution >= 4 is 5.91 Å². The average molecular weight is 864 g/mol. The molecule has 0 spiro atoms. The molecule has 1 amide bonds. The van der Waals surface area contributed by atoms with Crippen LogP contribution >= 0.6 is 0 Å². The van der Waals surface area contributed by atoms with E-state index in [1.54, 1.807) is 0 Å². The van der Waals surface area contributed by atoms with Gasteiger partial charge in [-0.15, -0.1) is 0 Å². The van der Waals surface area contributed by atoms with Crippen LogP contribution < -0.4 is 5.32 Å². The number of rotatable bonds is 51. The predicted octanol–water partition coefficient (Wildman–Crippen LogP) is 15.7. The Balaban J connectivity index is 3.57. The van der Waals surface area contributed by atoms with E-state index in [1.165, 1.54) is 238 Å². The molecule has 0 aliphatic carbocycles. The summed E-state index contributed by atoms with van der Waals surface area (Å²) in [7, 11) is 0. The normalized spacial score (nSPS) is 13.9. The Morgan fingerprint density at radius 2 is 0.656 bits per heavy atom. The Morgan fingerprint density at radius 3 is 0.951 bits per heavy atom. The first-order valence-corrected chi connectivity index (χ1v) is 27.6. The molecular formula is C55H109NO5. The van der Waals surface area contributed by atoms with Crippen LogP contribution in [-0.4, -0.2) is 57.3 Å². The average Bonchev–Trinajstić information content (AvgIpc) is 3.26. The fraction of sp³-hybridized carbons (Fsp3) is 0.945. The van der Waals surface area contributed by atoms with Crippen LogP contribution in [0.5, 0.6) is 0 Å². The lowest BCUT2D eigenvalue weighted by molar-refractivity contribution is -0.132. The van der Waals surface area contributed by atoms with Crippen LogP contribution in [0.1, 0.15) is 303 Å². The zero-order valence-electron chi connectivity index (χ0n) is 41.2. The van der Waals surface area contributed by atoms with Crippen LogP contribution in [0.15, 0.2) is 12.2 Å². The second-order valence-corrected chi connectivity index (χ2v) is 19.3. The van der Waals surface area contributed by atoms with Crippen LogP contribution in [0.3, 0.4) is 0 Å². The summed E-state index contributed by atoms with van der Waals surface area (Å²) >= 11 is 0. The Hall–Kier alpha value is -0.950. The molecule has 0 radical (unpaired) electrons. The summed E-state index contributed by atoms with van der Waals surface area (Å²) in [6, 6.07) is -0.982.